The van der Waals surface area contributed by atoms with Crippen molar-refractivity contribution in [3.05, 3.63) is 84.2 Å². The van der Waals surface area contributed by atoms with Crippen LogP contribution in [0.5, 0.6) is 5.75 Å². The molecule has 0 bridgehead atoms. The molecule has 0 heterocycles. The molecule has 0 aliphatic carbocycles. The maximum Gasteiger partial charge on any atom is 0.276 e. The fraction of sp³-hybridized carbons (Fsp3) is 0.0476. The van der Waals surface area contributed by atoms with Gasteiger partial charge in [0.05, 0.1) is 0 Å². The Kier molecular flexibility index (Phi) is 5.79. The van der Waals surface area contributed by atoms with Gasteiger partial charge in [0, 0.05) is 6.08 Å². The van der Waals surface area contributed by atoms with Crippen LogP contribution >= 0.6 is 0 Å². The van der Waals surface area contributed by atoms with Gasteiger partial charge in [-0.2, -0.15) is 0 Å². The molecule has 0 saturated carbocycles. The van der Waals surface area contributed by atoms with Gasteiger partial charge < -0.3 is 4.74 Å². The van der Waals surface area contributed by atoms with Crippen LogP contribution in [0.1, 0.15) is 5.56 Å². The summed E-state index contributed by atoms with van der Waals surface area (Å²) in [7, 11) is 0. The number of benzene rings is 3. The summed E-state index contributed by atoms with van der Waals surface area (Å²) in [6, 6.07) is 19.0. The van der Waals surface area contributed by atoms with E-state index in [9.17, 15) is 14.0 Å². The van der Waals surface area contributed by atoms with Crippen molar-refractivity contribution in [2.24, 2.45) is 0 Å². The number of amides is 2. The summed E-state index contributed by atoms with van der Waals surface area (Å²) in [5.74, 6) is -0.799. The zero-order chi connectivity index (χ0) is 19.1. The third kappa shape index (κ3) is 5.40. The summed E-state index contributed by atoms with van der Waals surface area (Å²) in [6.07, 6.45) is 2.74. The van der Waals surface area contributed by atoms with Gasteiger partial charge in [0.25, 0.3) is 11.8 Å². The fourth-order valence-corrected chi connectivity index (χ4v) is 2.36. The Morgan fingerprint density at radius 3 is 2.44 bits per heavy atom. The lowest BCUT2D eigenvalue weighted by atomic mass is 10.1. The van der Waals surface area contributed by atoms with Gasteiger partial charge in [-0.3, -0.25) is 20.4 Å². The smallest absolute Gasteiger partial charge is 0.276 e. The van der Waals surface area contributed by atoms with Gasteiger partial charge in [0.15, 0.2) is 6.61 Å². The summed E-state index contributed by atoms with van der Waals surface area (Å²) in [5.41, 5.74) is 5.18. The van der Waals surface area contributed by atoms with E-state index in [0.29, 0.717) is 11.3 Å². The Morgan fingerprint density at radius 1 is 0.926 bits per heavy atom. The van der Waals surface area contributed by atoms with Crippen molar-refractivity contribution in [2.75, 3.05) is 6.61 Å². The van der Waals surface area contributed by atoms with E-state index in [4.69, 9.17) is 4.74 Å². The Labute approximate surface area is 155 Å². The lowest BCUT2D eigenvalue weighted by molar-refractivity contribution is -0.128. The number of hydrogen-bond donors (Lipinski definition) is 2. The average Bonchev–Trinajstić information content (AvgIpc) is 2.70. The van der Waals surface area contributed by atoms with Crippen molar-refractivity contribution >= 4 is 28.7 Å². The summed E-state index contributed by atoms with van der Waals surface area (Å²) in [6.45, 7) is -0.236. The predicted octanol–water partition coefficient (Wildman–Crippen LogP) is 3.22. The van der Waals surface area contributed by atoms with Crippen molar-refractivity contribution < 1.29 is 18.7 Å². The van der Waals surface area contributed by atoms with Gasteiger partial charge >= 0.3 is 0 Å². The molecule has 2 N–H and O–H groups in total. The second-order valence-electron chi connectivity index (χ2n) is 5.72. The molecule has 0 aliphatic heterocycles. The number of carbonyl (C=O) groups excluding carboxylic acids is 2. The highest BCUT2D eigenvalue weighted by atomic mass is 19.1. The summed E-state index contributed by atoms with van der Waals surface area (Å²) in [5, 5.41) is 2.09. The highest BCUT2D eigenvalue weighted by Crippen LogP contribution is 2.20. The summed E-state index contributed by atoms with van der Waals surface area (Å²) >= 11 is 0. The Hall–Kier alpha value is -3.67. The van der Waals surface area contributed by atoms with Gasteiger partial charge in [-0.15, -0.1) is 0 Å². The number of hydrazine groups is 1. The number of carbonyl (C=O) groups is 2. The first-order valence-corrected chi connectivity index (χ1v) is 8.24. The first-order valence-electron chi connectivity index (χ1n) is 8.24. The SMILES string of the molecule is O=C(/C=C/c1ccc(F)cc1)NNC(=O)COc1ccc2ccccc2c1. The lowest BCUT2D eigenvalue weighted by Crippen LogP contribution is -2.43. The molecule has 0 fully saturated rings. The molecule has 136 valence electrons. The molecular formula is C21H17FN2O3. The van der Waals surface area contributed by atoms with E-state index in [1.807, 2.05) is 36.4 Å². The Balaban J connectivity index is 1.44. The van der Waals surface area contributed by atoms with Crippen LogP contribution in [0.2, 0.25) is 0 Å². The van der Waals surface area contributed by atoms with Crippen molar-refractivity contribution in [1.82, 2.24) is 10.9 Å². The van der Waals surface area contributed by atoms with Crippen LogP contribution in [0, 0.1) is 5.82 Å². The monoisotopic (exact) mass is 364 g/mol. The summed E-state index contributed by atoms with van der Waals surface area (Å²) in [4.78, 5) is 23.5. The van der Waals surface area contributed by atoms with E-state index in [2.05, 4.69) is 10.9 Å². The third-order valence-corrected chi connectivity index (χ3v) is 3.71. The molecule has 0 aliphatic rings. The number of nitrogens with one attached hydrogen (secondary N) is 2. The molecule has 5 nitrogen and oxygen atoms in total. The molecule has 3 aromatic rings. The lowest BCUT2D eigenvalue weighted by Gasteiger charge is -2.08. The van der Waals surface area contributed by atoms with Gasteiger partial charge in [-0.1, -0.05) is 42.5 Å². The van der Waals surface area contributed by atoms with Crippen LogP contribution in [0.4, 0.5) is 4.39 Å². The van der Waals surface area contributed by atoms with E-state index >= 15 is 0 Å². The zero-order valence-corrected chi connectivity index (χ0v) is 14.3. The first kappa shape index (κ1) is 18.1. The van der Waals surface area contributed by atoms with E-state index < -0.39 is 11.8 Å². The first-order chi connectivity index (χ1) is 13.1. The number of halogens is 1. The second-order valence-corrected chi connectivity index (χ2v) is 5.72. The normalized spacial score (nSPS) is 10.7. The highest BCUT2D eigenvalue weighted by molar-refractivity contribution is 5.93. The fourth-order valence-electron chi connectivity index (χ4n) is 2.36. The zero-order valence-electron chi connectivity index (χ0n) is 14.3. The van der Waals surface area contributed by atoms with Crippen LogP contribution in [-0.2, 0) is 9.59 Å². The van der Waals surface area contributed by atoms with Crippen LogP contribution in [0.25, 0.3) is 16.8 Å². The van der Waals surface area contributed by atoms with Crippen LogP contribution in [-0.4, -0.2) is 18.4 Å². The van der Waals surface area contributed by atoms with Crippen LogP contribution in [0.15, 0.2) is 72.8 Å². The average molecular weight is 364 g/mol. The van der Waals surface area contributed by atoms with Gasteiger partial charge in [0.1, 0.15) is 11.6 Å². The quantitative estimate of drug-likeness (QED) is 0.540. The van der Waals surface area contributed by atoms with Gasteiger partial charge in [0.2, 0.25) is 0 Å². The largest absolute Gasteiger partial charge is 0.484 e. The van der Waals surface area contributed by atoms with Crippen LogP contribution in [0.3, 0.4) is 0 Å². The minimum Gasteiger partial charge on any atom is -0.484 e. The molecule has 27 heavy (non-hydrogen) atoms. The topological polar surface area (TPSA) is 67.4 Å². The van der Waals surface area contributed by atoms with E-state index in [1.54, 1.807) is 6.07 Å². The van der Waals surface area contributed by atoms with E-state index in [0.717, 1.165) is 10.8 Å². The van der Waals surface area contributed by atoms with Gasteiger partial charge in [-0.05, 0) is 46.7 Å². The van der Waals surface area contributed by atoms with Crippen molar-refractivity contribution in [2.45, 2.75) is 0 Å². The van der Waals surface area contributed by atoms with Gasteiger partial charge in [-0.25, -0.2) is 4.39 Å². The third-order valence-electron chi connectivity index (χ3n) is 3.71. The minimum absolute atomic E-state index is 0.236. The summed E-state index contributed by atoms with van der Waals surface area (Å²) < 4.78 is 18.2. The van der Waals surface area contributed by atoms with E-state index in [-0.39, 0.29) is 12.4 Å². The number of rotatable bonds is 5. The van der Waals surface area contributed by atoms with Crippen LogP contribution < -0.4 is 15.6 Å². The molecule has 0 aromatic heterocycles. The predicted molar refractivity (Wildman–Crippen MR) is 101 cm³/mol. The molecule has 0 atom stereocenters. The number of hydrogen-bond acceptors (Lipinski definition) is 3. The molecule has 3 rings (SSSR count). The minimum atomic E-state index is -0.515. The molecule has 2 amide bonds. The molecule has 0 radical (unpaired) electrons. The molecule has 0 unspecified atom stereocenters. The van der Waals surface area contributed by atoms with Crippen molar-refractivity contribution in [3.63, 3.8) is 0 Å². The maximum atomic E-state index is 12.8. The molecule has 6 heteroatoms. The highest BCUT2D eigenvalue weighted by Gasteiger charge is 2.04. The molecular weight excluding hydrogens is 347 g/mol. The Morgan fingerprint density at radius 2 is 1.67 bits per heavy atom. The number of ether oxygens (including phenoxy) is 1. The molecule has 3 aromatic carbocycles. The molecule has 0 saturated heterocycles. The Bertz CT molecular complexity index is 984. The number of fused-ring (bicyclic) bond motifs is 1. The van der Waals surface area contributed by atoms with Crippen molar-refractivity contribution in [3.8, 4) is 5.75 Å². The second kappa shape index (κ2) is 8.62. The molecule has 0 spiro atoms. The van der Waals surface area contributed by atoms with E-state index in [1.165, 1.54) is 36.4 Å². The van der Waals surface area contributed by atoms with Crippen molar-refractivity contribution in [1.29, 1.82) is 0 Å². The maximum absolute atomic E-state index is 12.8. The standard InChI is InChI=1S/C21H17FN2O3/c22-18-9-5-15(6-10-18)7-12-20(25)23-24-21(26)14-27-19-11-8-16-3-1-2-4-17(16)13-19/h1-13H,14H2,(H,23,25)(H,24,26)/b12-7+.